The Morgan fingerprint density at radius 2 is 2.00 bits per heavy atom. The lowest BCUT2D eigenvalue weighted by molar-refractivity contribution is -0.128. The Hall–Kier alpha value is -0.640. The van der Waals surface area contributed by atoms with Crippen LogP contribution in [0.4, 0.5) is 0 Å². The Labute approximate surface area is 102 Å². The lowest BCUT2D eigenvalue weighted by Gasteiger charge is -2.28. The molecule has 1 amide bonds. The molecule has 3 N–H and O–H groups in total. The number of nitrogens with one attached hydrogen (secondary N) is 1. The van der Waals surface area contributed by atoms with Gasteiger partial charge in [0.25, 0.3) is 0 Å². The molecule has 0 aromatic heterocycles. The van der Waals surface area contributed by atoms with E-state index < -0.39 is 5.41 Å². The van der Waals surface area contributed by atoms with Gasteiger partial charge in [0.2, 0.25) is 5.91 Å². The van der Waals surface area contributed by atoms with Crippen LogP contribution >= 0.6 is 12.2 Å². The first kappa shape index (κ1) is 11.8. The Bertz CT molecular complexity index is 306. The third-order valence-corrected chi connectivity index (χ3v) is 4.44. The number of nitrogens with two attached hydrogens (primary N) is 1. The summed E-state index contributed by atoms with van der Waals surface area (Å²) in [5.74, 6) is 0.741. The summed E-state index contributed by atoms with van der Waals surface area (Å²) in [6.07, 6.45) is 6.24. The third-order valence-electron chi connectivity index (χ3n) is 4.05. The maximum absolute atomic E-state index is 12.3. The molecule has 3 nitrogen and oxygen atoms in total. The predicted molar refractivity (Wildman–Crippen MR) is 68.0 cm³/mol. The zero-order chi connectivity index (χ0) is 11.8. The van der Waals surface area contributed by atoms with Crippen molar-refractivity contribution in [3.05, 3.63) is 0 Å². The zero-order valence-electron chi connectivity index (χ0n) is 9.79. The van der Waals surface area contributed by atoms with Gasteiger partial charge in [-0.15, -0.1) is 0 Å². The van der Waals surface area contributed by atoms with Crippen LogP contribution in [0.25, 0.3) is 0 Å². The van der Waals surface area contributed by atoms with E-state index in [1.165, 1.54) is 12.8 Å². The molecule has 4 heteroatoms. The first-order valence-electron chi connectivity index (χ1n) is 6.17. The molecule has 2 rings (SSSR count). The van der Waals surface area contributed by atoms with Gasteiger partial charge in [-0.1, -0.05) is 25.1 Å². The van der Waals surface area contributed by atoms with Crippen molar-refractivity contribution >= 4 is 23.1 Å². The van der Waals surface area contributed by atoms with Crippen LogP contribution in [0.1, 0.15) is 45.4 Å². The highest BCUT2D eigenvalue weighted by molar-refractivity contribution is 7.80. The van der Waals surface area contributed by atoms with Crippen LogP contribution in [0.2, 0.25) is 0 Å². The van der Waals surface area contributed by atoms with Gasteiger partial charge in [0.05, 0.1) is 10.4 Å². The van der Waals surface area contributed by atoms with E-state index in [2.05, 4.69) is 12.2 Å². The highest BCUT2D eigenvalue weighted by atomic mass is 32.1. The largest absolute Gasteiger partial charge is 0.392 e. The number of carbonyl (C=O) groups is 1. The minimum absolute atomic E-state index is 0.0666. The van der Waals surface area contributed by atoms with Crippen molar-refractivity contribution in [1.82, 2.24) is 5.32 Å². The van der Waals surface area contributed by atoms with Gasteiger partial charge in [-0.05, 0) is 38.5 Å². The molecule has 2 fully saturated rings. The van der Waals surface area contributed by atoms with Gasteiger partial charge in [-0.3, -0.25) is 4.79 Å². The minimum Gasteiger partial charge on any atom is -0.392 e. The van der Waals surface area contributed by atoms with Crippen LogP contribution in [-0.4, -0.2) is 16.9 Å². The molecule has 0 aliphatic heterocycles. The van der Waals surface area contributed by atoms with Crippen molar-refractivity contribution < 1.29 is 4.79 Å². The van der Waals surface area contributed by atoms with Crippen molar-refractivity contribution in [2.45, 2.75) is 51.5 Å². The minimum atomic E-state index is -0.543. The number of thiocarbonyl (C=S) groups is 1. The highest BCUT2D eigenvalue weighted by Crippen LogP contribution is 2.39. The summed E-state index contributed by atoms with van der Waals surface area (Å²) < 4.78 is 0. The molecule has 2 aliphatic carbocycles. The lowest BCUT2D eigenvalue weighted by Crippen LogP contribution is -2.50. The topological polar surface area (TPSA) is 55.1 Å². The average molecular weight is 240 g/mol. The van der Waals surface area contributed by atoms with Crippen molar-refractivity contribution in [1.29, 1.82) is 0 Å². The summed E-state index contributed by atoms with van der Waals surface area (Å²) in [5, 5.41) is 3.10. The van der Waals surface area contributed by atoms with Crippen LogP contribution in [0.5, 0.6) is 0 Å². The van der Waals surface area contributed by atoms with E-state index in [1.807, 2.05) is 0 Å². The van der Waals surface area contributed by atoms with Crippen LogP contribution in [0.3, 0.4) is 0 Å². The van der Waals surface area contributed by atoms with Gasteiger partial charge in [-0.25, -0.2) is 0 Å². The summed E-state index contributed by atoms with van der Waals surface area (Å²) in [4.78, 5) is 12.7. The molecule has 0 spiro atoms. The van der Waals surface area contributed by atoms with E-state index in [-0.39, 0.29) is 11.9 Å². The lowest BCUT2D eigenvalue weighted by atomic mass is 9.84. The predicted octanol–water partition coefficient (Wildman–Crippen LogP) is 1.75. The van der Waals surface area contributed by atoms with Gasteiger partial charge >= 0.3 is 0 Å². The Balaban J connectivity index is 2.02. The molecular formula is C12H20N2OS. The molecule has 16 heavy (non-hydrogen) atoms. The molecule has 2 aliphatic rings. The molecule has 0 bridgehead atoms. The Morgan fingerprint density at radius 3 is 2.44 bits per heavy atom. The first-order valence-corrected chi connectivity index (χ1v) is 6.58. The monoisotopic (exact) mass is 240 g/mol. The normalized spacial score (nSPS) is 25.1. The van der Waals surface area contributed by atoms with E-state index in [4.69, 9.17) is 18.0 Å². The molecule has 1 unspecified atom stereocenters. The second-order valence-corrected chi connectivity index (χ2v) is 5.69. The molecule has 2 saturated carbocycles. The number of amides is 1. The van der Waals surface area contributed by atoms with Crippen molar-refractivity contribution in [3.63, 3.8) is 0 Å². The van der Waals surface area contributed by atoms with Crippen LogP contribution in [-0.2, 0) is 4.79 Å². The molecule has 90 valence electrons. The van der Waals surface area contributed by atoms with Crippen molar-refractivity contribution in [2.75, 3.05) is 0 Å². The maximum Gasteiger partial charge on any atom is 0.233 e. The first-order chi connectivity index (χ1) is 7.56. The highest BCUT2D eigenvalue weighted by Gasteiger charge is 2.45. The molecule has 0 heterocycles. The summed E-state index contributed by atoms with van der Waals surface area (Å²) in [7, 11) is 0. The second kappa shape index (κ2) is 4.32. The van der Waals surface area contributed by atoms with Gasteiger partial charge in [0.1, 0.15) is 0 Å². The summed E-state index contributed by atoms with van der Waals surface area (Å²) in [6.45, 7) is 2.08. The third kappa shape index (κ3) is 2.08. The quantitative estimate of drug-likeness (QED) is 0.736. The number of hydrogen-bond donors (Lipinski definition) is 2. The fraction of sp³-hybridized carbons (Fsp3) is 0.833. The SMILES string of the molecule is CC(NC(=O)C1(C(N)=S)CCCC1)C1CC1. The summed E-state index contributed by atoms with van der Waals surface area (Å²) in [6, 6.07) is 0.277. The van der Waals surface area contributed by atoms with E-state index in [9.17, 15) is 4.79 Å². The maximum atomic E-state index is 12.3. The molecule has 0 aromatic carbocycles. The number of carbonyl (C=O) groups excluding carboxylic acids is 1. The van der Waals surface area contributed by atoms with Crippen LogP contribution in [0, 0.1) is 11.3 Å². The van der Waals surface area contributed by atoms with Gasteiger partial charge < -0.3 is 11.1 Å². The van der Waals surface area contributed by atoms with E-state index in [0.29, 0.717) is 10.9 Å². The van der Waals surface area contributed by atoms with Gasteiger partial charge in [0.15, 0.2) is 0 Å². The second-order valence-electron chi connectivity index (χ2n) is 5.25. The van der Waals surface area contributed by atoms with E-state index >= 15 is 0 Å². The molecule has 0 aromatic rings. The van der Waals surface area contributed by atoms with E-state index in [0.717, 1.165) is 25.7 Å². The Morgan fingerprint density at radius 1 is 1.44 bits per heavy atom. The summed E-state index contributed by atoms with van der Waals surface area (Å²) >= 11 is 5.09. The fourth-order valence-electron chi connectivity index (χ4n) is 2.62. The smallest absolute Gasteiger partial charge is 0.233 e. The van der Waals surface area contributed by atoms with Gasteiger partial charge in [-0.2, -0.15) is 0 Å². The number of rotatable bonds is 4. The van der Waals surface area contributed by atoms with Crippen molar-refractivity contribution in [2.24, 2.45) is 17.1 Å². The van der Waals surface area contributed by atoms with Crippen molar-refractivity contribution in [3.8, 4) is 0 Å². The molecular weight excluding hydrogens is 220 g/mol. The zero-order valence-corrected chi connectivity index (χ0v) is 10.6. The summed E-state index contributed by atoms with van der Waals surface area (Å²) in [5.41, 5.74) is 5.23. The fourth-order valence-corrected chi connectivity index (χ4v) is 2.92. The molecule has 1 atom stereocenters. The van der Waals surface area contributed by atoms with Crippen LogP contribution in [0.15, 0.2) is 0 Å². The van der Waals surface area contributed by atoms with E-state index in [1.54, 1.807) is 0 Å². The standard InChI is InChI=1S/C12H20N2OS/c1-8(9-4-5-9)14-11(15)12(10(13)16)6-2-3-7-12/h8-9H,2-7H2,1H3,(H2,13,16)(H,14,15). The average Bonchev–Trinajstić information content (AvgIpc) is 2.95. The Kier molecular flexibility index (Phi) is 3.19. The molecule has 0 radical (unpaired) electrons. The van der Waals surface area contributed by atoms with Crippen LogP contribution < -0.4 is 11.1 Å². The van der Waals surface area contributed by atoms with Gasteiger partial charge in [0, 0.05) is 6.04 Å². The molecule has 0 saturated heterocycles. The number of hydrogen-bond acceptors (Lipinski definition) is 2.